The van der Waals surface area contributed by atoms with E-state index >= 15 is 0 Å². The van der Waals surface area contributed by atoms with Crippen molar-refractivity contribution < 1.29 is 4.79 Å². The number of hydrogen-bond donors (Lipinski definition) is 0. The lowest BCUT2D eigenvalue weighted by molar-refractivity contribution is -0.129. The summed E-state index contributed by atoms with van der Waals surface area (Å²) < 4.78 is 0. The number of carbonyl (C=O) groups excluding carboxylic acids is 1. The molecule has 2 heteroatoms. The van der Waals surface area contributed by atoms with Crippen molar-refractivity contribution >= 4 is 5.91 Å². The summed E-state index contributed by atoms with van der Waals surface area (Å²) in [6.07, 6.45) is 12.2. The summed E-state index contributed by atoms with van der Waals surface area (Å²) in [4.78, 5) is 13.2. The molecule has 0 spiro atoms. The topological polar surface area (TPSA) is 20.3 Å². The van der Waals surface area contributed by atoms with Gasteiger partial charge >= 0.3 is 0 Å². The highest BCUT2D eigenvalue weighted by atomic mass is 16.2. The summed E-state index contributed by atoms with van der Waals surface area (Å²) in [6, 6.07) is 0. The average molecular weight is 193 g/mol. The first-order chi connectivity index (χ1) is 6.74. The number of rotatable bonds is 4. The van der Waals surface area contributed by atoms with Crippen LogP contribution >= 0.6 is 0 Å². The zero-order valence-corrected chi connectivity index (χ0v) is 8.96. The molecule has 78 valence electrons. The molecule has 0 saturated heterocycles. The third-order valence-electron chi connectivity index (χ3n) is 3.00. The monoisotopic (exact) mass is 193 g/mol. The molecule has 0 unspecified atom stereocenters. The largest absolute Gasteiger partial charge is 0.335 e. The van der Waals surface area contributed by atoms with Gasteiger partial charge in [-0.2, -0.15) is 0 Å². The first-order valence-electron chi connectivity index (χ1n) is 5.41. The Morgan fingerprint density at radius 2 is 2.14 bits per heavy atom. The summed E-state index contributed by atoms with van der Waals surface area (Å²) in [5.41, 5.74) is 0. The molecule has 1 aliphatic carbocycles. The Morgan fingerprint density at radius 3 is 2.71 bits per heavy atom. The minimum atomic E-state index is 0.190. The number of amides is 1. The van der Waals surface area contributed by atoms with Crippen LogP contribution in [-0.4, -0.2) is 24.4 Å². The van der Waals surface area contributed by atoms with Crippen LogP contribution in [0.3, 0.4) is 0 Å². The molecule has 0 aromatic carbocycles. The number of hydrogen-bond acceptors (Lipinski definition) is 1. The highest BCUT2D eigenvalue weighted by molar-refractivity contribution is 5.76. The van der Waals surface area contributed by atoms with Crippen molar-refractivity contribution in [3.05, 3.63) is 0 Å². The van der Waals surface area contributed by atoms with E-state index in [1.807, 2.05) is 0 Å². The first kappa shape index (κ1) is 11.1. The van der Waals surface area contributed by atoms with Crippen molar-refractivity contribution in [2.24, 2.45) is 5.92 Å². The smallest absolute Gasteiger partial charge is 0.223 e. The zero-order valence-electron chi connectivity index (χ0n) is 8.96. The Balaban J connectivity index is 2.17. The molecule has 14 heavy (non-hydrogen) atoms. The molecule has 1 fully saturated rings. The maximum absolute atomic E-state index is 11.5. The highest BCUT2D eigenvalue weighted by Crippen LogP contribution is 2.28. The van der Waals surface area contributed by atoms with Crippen molar-refractivity contribution in [3.8, 4) is 12.3 Å². The van der Waals surface area contributed by atoms with Crippen LogP contribution in [0.1, 0.15) is 38.5 Å². The molecule has 2 nitrogen and oxygen atoms in total. The Hall–Kier alpha value is -0.970. The second-order valence-corrected chi connectivity index (χ2v) is 4.14. The predicted octanol–water partition coefficient (Wildman–Crippen LogP) is 2.05. The second-order valence-electron chi connectivity index (χ2n) is 4.14. The fraction of sp³-hybridized carbons (Fsp3) is 0.750. The molecule has 0 aromatic heterocycles. The Kier molecular flexibility index (Phi) is 4.52. The van der Waals surface area contributed by atoms with Gasteiger partial charge in [0.15, 0.2) is 0 Å². The summed E-state index contributed by atoms with van der Waals surface area (Å²) in [5, 5.41) is 0. The van der Waals surface area contributed by atoms with Gasteiger partial charge in [0.25, 0.3) is 0 Å². The molecule has 0 radical (unpaired) electrons. The van der Waals surface area contributed by atoms with Gasteiger partial charge in [-0.1, -0.05) is 31.6 Å². The molecule has 0 atom stereocenters. The van der Waals surface area contributed by atoms with Gasteiger partial charge < -0.3 is 4.90 Å². The standard InChI is InChI=1S/C12H19NO/c1-3-10-13(2)12(14)9-8-11-6-4-5-7-11/h1,11H,4-10H2,2H3. The van der Waals surface area contributed by atoms with Crippen LogP contribution < -0.4 is 0 Å². The van der Waals surface area contributed by atoms with Crippen LogP contribution in [0.2, 0.25) is 0 Å². The lowest BCUT2D eigenvalue weighted by Gasteiger charge is -2.15. The van der Waals surface area contributed by atoms with E-state index < -0.39 is 0 Å². The second kappa shape index (κ2) is 5.70. The van der Waals surface area contributed by atoms with E-state index in [1.54, 1.807) is 11.9 Å². The molecule has 0 bridgehead atoms. The minimum absolute atomic E-state index is 0.190. The quantitative estimate of drug-likeness (QED) is 0.626. The molecule has 0 aromatic rings. The van der Waals surface area contributed by atoms with Crippen molar-refractivity contribution in [1.82, 2.24) is 4.90 Å². The van der Waals surface area contributed by atoms with E-state index in [-0.39, 0.29) is 5.91 Å². The van der Waals surface area contributed by atoms with Crippen LogP contribution in [0.15, 0.2) is 0 Å². The maximum Gasteiger partial charge on any atom is 0.223 e. The number of nitrogens with zero attached hydrogens (tertiary/aromatic N) is 1. The first-order valence-corrected chi connectivity index (χ1v) is 5.41. The summed E-state index contributed by atoms with van der Waals surface area (Å²) in [7, 11) is 1.77. The molecule has 1 aliphatic rings. The van der Waals surface area contributed by atoms with E-state index in [2.05, 4.69) is 5.92 Å². The molecule has 0 aliphatic heterocycles. The molecule has 1 rings (SSSR count). The molecular formula is C12H19NO. The van der Waals surface area contributed by atoms with Crippen molar-refractivity contribution in [2.75, 3.05) is 13.6 Å². The van der Waals surface area contributed by atoms with Gasteiger partial charge in [0.2, 0.25) is 5.91 Å². The van der Waals surface area contributed by atoms with Gasteiger partial charge in [0.05, 0.1) is 6.54 Å². The molecule has 1 amide bonds. The number of carbonyl (C=O) groups is 1. The Labute approximate surface area is 86.7 Å². The van der Waals surface area contributed by atoms with Crippen molar-refractivity contribution in [2.45, 2.75) is 38.5 Å². The summed E-state index contributed by atoms with van der Waals surface area (Å²) >= 11 is 0. The average Bonchev–Trinajstić information content (AvgIpc) is 2.67. The third-order valence-corrected chi connectivity index (χ3v) is 3.00. The maximum atomic E-state index is 11.5. The van der Waals surface area contributed by atoms with E-state index in [1.165, 1.54) is 25.7 Å². The van der Waals surface area contributed by atoms with E-state index in [9.17, 15) is 4.79 Å². The minimum Gasteiger partial charge on any atom is -0.335 e. The molecule has 0 N–H and O–H groups in total. The molecular weight excluding hydrogens is 174 g/mol. The fourth-order valence-corrected chi connectivity index (χ4v) is 2.04. The van der Waals surface area contributed by atoms with Gasteiger partial charge in [0.1, 0.15) is 0 Å². The van der Waals surface area contributed by atoms with Gasteiger partial charge in [-0.05, 0) is 12.3 Å². The zero-order chi connectivity index (χ0) is 10.4. The van der Waals surface area contributed by atoms with Crippen LogP contribution in [0.5, 0.6) is 0 Å². The summed E-state index contributed by atoms with van der Waals surface area (Å²) in [5.74, 6) is 3.46. The Bertz CT molecular complexity index is 223. The van der Waals surface area contributed by atoms with E-state index in [0.29, 0.717) is 13.0 Å². The van der Waals surface area contributed by atoms with Crippen LogP contribution in [0, 0.1) is 18.3 Å². The predicted molar refractivity (Wildman–Crippen MR) is 57.7 cm³/mol. The SMILES string of the molecule is C#CCN(C)C(=O)CCC1CCCC1. The van der Waals surface area contributed by atoms with Gasteiger partial charge in [-0.25, -0.2) is 0 Å². The Morgan fingerprint density at radius 1 is 1.50 bits per heavy atom. The van der Waals surface area contributed by atoms with E-state index in [4.69, 9.17) is 6.42 Å². The lowest BCUT2D eigenvalue weighted by atomic mass is 10.0. The van der Waals surface area contributed by atoms with Gasteiger partial charge in [0, 0.05) is 13.5 Å². The van der Waals surface area contributed by atoms with E-state index in [0.717, 1.165) is 12.3 Å². The summed E-state index contributed by atoms with van der Waals surface area (Å²) in [6.45, 7) is 0.434. The van der Waals surface area contributed by atoms with Crippen molar-refractivity contribution in [1.29, 1.82) is 0 Å². The molecule has 0 heterocycles. The van der Waals surface area contributed by atoms with Crippen LogP contribution in [0.25, 0.3) is 0 Å². The normalized spacial score (nSPS) is 16.6. The number of terminal acetylenes is 1. The van der Waals surface area contributed by atoms with Gasteiger partial charge in [-0.3, -0.25) is 4.79 Å². The van der Waals surface area contributed by atoms with Crippen molar-refractivity contribution in [3.63, 3.8) is 0 Å². The lowest BCUT2D eigenvalue weighted by Crippen LogP contribution is -2.27. The van der Waals surface area contributed by atoms with Crippen LogP contribution in [0.4, 0.5) is 0 Å². The fourth-order valence-electron chi connectivity index (χ4n) is 2.04. The van der Waals surface area contributed by atoms with Gasteiger partial charge in [-0.15, -0.1) is 6.42 Å². The molecule has 1 saturated carbocycles. The third kappa shape index (κ3) is 3.41. The van der Waals surface area contributed by atoms with Crippen LogP contribution in [-0.2, 0) is 4.79 Å². The highest BCUT2D eigenvalue weighted by Gasteiger charge is 2.17.